The summed E-state index contributed by atoms with van der Waals surface area (Å²) in [7, 11) is 3.12. The third-order valence-electron chi connectivity index (χ3n) is 1.63. The highest BCUT2D eigenvalue weighted by Gasteiger charge is 2.05. The average molecular weight is 211 g/mol. The lowest BCUT2D eigenvalue weighted by atomic mass is 10.4. The van der Waals surface area contributed by atoms with Crippen LogP contribution in [0, 0.1) is 0 Å². The van der Waals surface area contributed by atoms with E-state index >= 15 is 0 Å². The first-order chi connectivity index (χ1) is 7.27. The van der Waals surface area contributed by atoms with Crippen molar-refractivity contribution in [3.05, 3.63) is 18.1 Å². The molecule has 0 aliphatic carbocycles. The fourth-order valence-electron chi connectivity index (χ4n) is 0.866. The summed E-state index contributed by atoms with van der Waals surface area (Å²) >= 11 is 0. The molecule has 1 aromatic rings. The van der Waals surface area contributed by atoms with Crippen molar-refractivity contribution in [2.24, 2.45) is 0 Å². The van der Waals surface area contributed by atoms with Crippen molar-refractivity contribution in [3.8, 4) is 5.88 Å². The number of hydrogen-bond acceptors (Lipinski definition) is 5. The fourth-order valence-corrected chi connectivity index (χ4v) is 0.866. The SMILES string of the molecule is CNC(=O)c1cnc(OCCOC)cn1. The van der Waals surface area contributed by atoms with Crippen molar-refractivity contribution >= 4 is 5.91 Å². The Morgan fingerprint density at radius 3 is 2.73 bits per heavy atom. The van der Waals surface area contributed by atoms with E-state index in [9.17, 15) is 4.79 Å². The number of hydrogen-bond donors (Lipinski definition) is 1. The second kappa shape index (κ2) is 5.92. The molecule has 0 saturated heterocycles. The maximum atomic E-state index is 11.1. The van der Waals surface area contributed by atoms with E-state index in [-0.39, 0.29) is 11.6 Å². The smallest absolute Gasteiger partial charge is 0.271 e. The molecule has 0 atom stereocenters. The largest absolute Gasteiger partial charge is 0.474 e. The quantitative estimate of drug-likeness (QED) is 0.686. The van der Waals surface area contributed by atoms with Gasteiger partial charge in [-0.2, -0.15) is 0 Å². The van der Waals surface area contributed by atoms with E-state index in [4.69, 9.17) is 9.47 Å². The van der Waals surface area contributed by atoms with Crippen molar-refractivity contribution in [2.75, 3.05) is 27.4 Å². The summed E-state index contributed by atoms with van der Waals surface area (Å²) in [5.74, 6) is 0.102. The molecule has 6 heteroatoms. The van der Waals surface area contributed by atoms with Gasteiger partial charge in [0.1, 0.15) is 12.3 Å². The van der Waals surface area contributed by atoms with Crippen LogP contribution in [0.2, 0.25) is 0 Å². The fraction of sp³-hybridized carbons (Fsp3) is 0.444. The summed E-state index contributed by atoms with van der Waals surface area (Å²) in [5, 5.41) is 2.45. The van der Waals surface area contributed by atoms with Crippen LogP contribution in [0.25, 0.3) is 0 Å². The highest BCUT2D eigenvalue weighted by Crippen LogP contribution is 2.03. The zero-order chi connectivity index (χ0) is 11.1. The Hall–Kier alpha value is -1.69. The second-order valence-electron chi connectivity index (χ2n) is 2.66. The number of carbonyl (C=O) groups excluding carboxylic acids is 1. The Labute approximate surface area is 87.6 Å². The zero-order valence-electron chi connectivity index (χ0n) is 8.69. The molecule has 15 heavy (non-hydrogen) atoms. The van der Waals surface area contributed by atoms with E-state index in [1.54, 1.807) is 7.11 Å². The summed E-state index contributed by atoms with van der Waals surface area (Å²) < 4.78 is 9.99. The van der Waals surface area contributed by atoms with Gasteiger partial charge in [-0.25, -0.2) is 9.97 Å². The molecule has 1 rings (SSSR count). The van der Waals surface area contributed by atoms with Crippen molar-refractivity contribution in [1.82, 2.24) is 15.3 Å². The molecule has 0 unspecified atom stereocenters. The maximum absolute atomic E-state index is 11.1. The minimum Gasteiger partial charge on any atom is -0.474 e. The van der Waals surface area contributed by atoms with Crippen LogP contribution in [0.15, 0.2) is 12.4 Å². The van der Waals surface area contributed by atoms with Crippen LogP contribution >= 0.6 is 0 Å². The zero-order valence-corrected chi connectivity index (χ0v) is 8.69. The molecule has 1 amide bonds. The lowest BCUT2D eigenvalue weighted by Crippen LogP contribution is -2.19. The first kappa shape index (κ1) is 11.4. The normalized spacial score (nSPS) is 9.73. The molecule has 82 valence electrons. The number of nitrogens with zero attached hydrogens (tertiary/aromatic N) is 2. The van der Waals surface area contributed by atoms with Gasteiger partial charge in [0.15, 0.2) is 0 Å². The first-order valence-corrected chi connectivity index (χ1v) is 4.43. The number of carbonyl (C=O) groups is 1. The van der Waals surface area contributed by atoms with Gasteiger partial charge in [-0.3, -0.25) is 4.79 Å². The Balaban J connectivity index is 2.52. The standard InChI is InChI=1S/C9H13N3O3/c1-10-9(13)7-5-12-8(6-11-7)15-4-3-14-2/h5-6H,3-4H2,1-2H3,(H,10,13). The van der Waals surface area contributed by atoms with Crippen LogP contribution in [0.3, 0.4) is 0 Å². The minimum atomic E-state index is -0.272. The molecule has 6 nitrogen and oxygen atoms in total. The lowest BCUT2D eigenvalue weighted by Gasteiger charge is -2.04. The lowest BCUT2D eigenvalue weighted by molar-refractivity contribution is 0.0957. The Morgan fingerprint density at radius 1 is 1.40 bits per heavy atom. The molecule has 0 saturated carbocycles. The summed E-state index contributed by atoms with van der Waals surface area (Å²) in [6.07, 6.45) is 2.77. The number of rotatable bonds is 5. The van der Waals surface area contributed by atoms with Crippen LogP contribution < -0.4 is 10.1 Å². The summed E-state index contributed by atoms with van der Waals surface area (Å²) in [5.41, 5.74) is 0.261. The molecule has 0 spiro atoms. The van der Waals surface area contributed by atoms with E-state index in [0.717, 1.165) is 0 Å². The number of ether oxygens (including phenoxy) is 2. The molecule has 0 aliphatic rings. The molecule has 1 heterocycles. The van der Waals surface area contributed by atoms with Crippen LogP contribution in [0.1, 0.15) is 10.5 Å². The average Bonchev–Trinajstić information content (AvgIpc) is 2.29. The van der Waals surface area contributed by atoms with Crippen LogP contribution in [-0.2, 0) is 4.74 Å². The van der Waals surface area contributed by atoms with Crippen molar-refractivity contribution in [1.29, 1.82) is 0 Å². The molecular weight excluding hydrogens is 198 g/mol. The highest BCUT2D eigenvalue weighted by molar-refractivity contribution is 5.91. The van der Waals surface area contributed by atoms with Crippen LogP contribution in [0.4, 0.5) is 0 Å². The molecule has 0 bridgehead atoms. The molecule has 0 aromatic carbocycles. The third kappa shape index (κ3) is 3.51. The highest BCUT2D eigenvalue weighted by atomic mass is 16.5. The summed E-state index contributed by atoms with van der Waals surface area (Å²) in [6, 6.07) is 0. The topological polar surface area (TPSA) is 73.3 Å². The third-order valence-corrected chi connectivity index (χ3v) is 1.63. The van der Waals surface area contributed by atoms with Gasteiger partial charge in [0.25, 0.3) is 5.91 Å². The van der Waals surface area contributed by atoms with Gasteiger partial charge < -0.3 is 14.8 Å². The predicted octanol–water partition coefficient (Wildman–Crippen LogP) is -0.139. The van der Waals surface area contributed by atoms with E-state index < -0.39 is 0 Å². The van der Waals surface area contributed by atoms with E-state index in [0.29, 0.717) is 19.1 Å². The van der Waals surface area contributed by atoms with Gasteiger partial charge in [-0.1, -0.05) is 0 Å². The summed E-state index contributed by atoms with van der Waals surface area (Å²) in [6.45, 7) is 0.892. The monoisotopic (exact) mass is 211 g/mol. The van der Waals surface area contributed by atoms with Gasteiger partial charge >= 0.3 is 0 Å². The Morgan fingerprint density at radius 2 is 2.20 bits per heavy atom. The van der Waals surface area contributed by atoms with Gasteiger partial charge in [-0.05, 0) is 0 Å². The van der Waals surface area contributed by atoms with Crippen LogP contribution in [0.5, 0.6) is 5.88 Å². The molecule has 0 radical (unpaired) electrons. The van der Waals surface area contributed by atoms with Crippen molar-refractivity contribution in [2.45, 2.75) is 0 Å². The Kier molecular flexibility index (Phi) is 4.49. The molecular formula is C9H13N3O3. The molecule has 1 N–H and O–H groups in total. The number of aromatic nitrogens is 2. The predicted molar refractivity (Wildman–Crippen MR) is 52.8 cm³/mol. The van der Waals surface area contributed by atoms with Crippen molar-refractivity contribution in [3.63, 3.8) is 0 Å². The number of nitrogens with one attached hydrogen (secondary N) is 1. The number of methoxy groups -OCH3 is 1. The van der Waals surface area contributed by atoms with Gasteiger partial charge in [0.05, 0.1) is 19.0 Å². The van der Waals surface area contributed by atoms with Crippen molar-refractivity contribution < 1.29 is 14.3 Å². The van der Waals surface area contributed by atoms with Gasteiger partial charge in [-0.15, -0.1) is 0 Å². The first-order valence-electron chi connectivity index (χ1n) is 4.43. The Bertz CT molecular complexity index is 313. The maximum Gasteiger partial charge on any atom is 0.271 e. The van der Waals surface area contributed by atoms with E-state index in [2.05, 4.69) is 15.3 Å². The second-order valence-corrected chi connectivity index (χ2v) is 2.66. The minimum absolute atomic E-state index is 0.261. The van der Waals surface area contributed by atoms with Gasteiger partial charge in [0.2, 0.25) is 5.88 Å². The van der Waals surface area contributed by atoms with E-state index in [1.807, 2.05) is 0 Å². The molecule has 0 aliphatic heterocycles. The summed E-state index contributed by atoms with van der Waals surface area (Å²) in [4.78, 5) is 18.9. The van der Waals surface area contributed by atoms with Crippen LogP contribution in [-0.4, -0.2) is 43.2 Å². The number of amides is 1. The molecule has 1 aromatic heterocycles. The molecule has 0 fully saturated rings. The van der Waals surface area contributed by atoms with Gasteiger partial charge in [0, 0.05) is 14.2 Å². The van der Waals surface area contributed by atoms with E-state index in [1.165, 1.54) is 19.4 Å².